The van der Waals surface area contributed by atoms with E-state index in [0.717, 1.165) is 6.42 Å². The van der Waals surface area contributed by atoms with Gasteiger partial charge in [0.05, 0.1) is 13.7 Å². The molecule has 0 saturated heterocycles. The van der Waals surface area contributed by atoms with Crippen molar-refractivity contribution >= 4 is 5.97 Å². The van der Waals surface area contributed by atoms with E-state index in [-0.39, 0.29) is 12.0 Å². The third-order valence-electron chi connectivity index (χ3n) is 1.51. The molecular formula is C9H15NO2. The quantitative estimate of drug-likeness (QED) is 0.493. The first kappa shape index (κ1) is 11.0. The molecule has 0 fully saturated rings. The van der Waals surface area contributed by atoms with E-state index in [1.54, 1.807) is 6.92 Å². The van der Waals surface area contributed by atoms with E-state index < -0.39 is 0 Å². The summed E-state index contributed by atoms with van der Waals surface area (Å²) in [6.45, 7) is 4.22. The van der Waals surface area contributed by atoms with Crippen LogP contribution in [0, 0.1) is 11.8 Å². The van der Waals surface area contributed by atoms with E-state index in [9.17, 15) is 4.79 Å². The fraction of sp³-hybridized carbons (Fsp3) is 0.667. The van der Waals surface area contributed by atoms with E-state index in [1.807, 2.05) is 6.92 Å². The zero-order valence-corrected chi connectivity index (χ0v) is 7.81. The Morgan fingerprint density at radius 1 is 1.67 bits per heavy atom. The molecule has 0 aromatic rings. The molecule has 1 atom stereocenters. The lowest BCUT2D eigenvalue weighted by Crippen LogP contribution is -2.37. The van der Waals surface area contributed by atoms with Gasteiger partial charge >= 0.3 is 5.97 Å². The Kier molecular flexibility index (Phi) is 6.12. The van der Waals surface area contributed by atoms with Gasteiger partial charge in [-0.05, 0) is 13.3 Å². The number of hydrogen-bond donors (Lipinski definition) is 1. The predicted molar refractivity (Wildman–Crippen MR) is 47.5 cm³/mol. The maximum atomic E-state index is 11.0. The highest BCUT2D eigenvalue weighted by atomic mass is 16.5. The van der Waals surface area contributed by atoms with Crippen LogP contribution < -0.4 is 5.32 Å². The highest BCUT2D eigenvalue weighted by molar-refractivity contribution is 5.75. The monoisotopic (exact) mass is 169 g/mol. The minimum atomic E-state index is -0.226. The minimum Gasteiger partial charge on any atom is -0.468 e. The number of nitrogens with one attached hydrogen (secondary N) is 1. The van der Waals surface area contributed by atoms with Gasteiger partial charge in [0.25, 0.3) is 0 Å². The van der Waals surface area contributed by atoms with Gasteiger partial charge in [0.2, 0.25) is 0 Å². The van der Waals surface area contributed by atoms with Crippen LogP contribution >= 0.6 is 0 Å². The molecule has 0 aliphatic heterocycles. The Labute approximate surface area is 73.5 Å². The summed E-state index contributed by atoms with van der Waals surface area (Å²) in [6, 6.07) is -0.226. The average molecular weight is 169 g/mol. The van der Waals surface area contributed by atoms with E-state index in [1.165, 1.54) is 7.11 Å². The van der Waals surface area contributed by atoms with Gasteiger partial charge in [-0.25, -0.2) is 0 Å². The normalized spacial score (nSPS) is 11.2. The van der Waals surface area contributed by atoms with Crippen molar-refractivity contribution in [3.8, 4) is 11.8 Å². The summed E-state index contributed by atoms with van der Waals surface area (Å²) in [6.07, 6.45) is 0.720. The van der Waals surface area contributed by atoms with Gasteiger partial charge in [-0.15, -0.1) is 5.92 Å². The van der Waals surface area contributed by atoms with Crippen LogP contribution in [0.15, 0.2) is 0 Å². The van der Waals surface area contributed by atoms with Crippen LogP contribution in [0.1, 0.15) is 20.3 Å². The first-order chi connectivity index (χ1) is 5.76. The maximum absolute atomic E-state index is 11.0. The third-order valence-corrected chi connectivity index (χ3v) is 1.51. The third kappa shape index (κ3) is 3.99. The Morgan fingerprint density at radius 2 is 2.33 bits per heavy atom. The van der Waals surface area contributed by atoms with Crippen molar-refractivity contribution in [3.05, 3.63) is 0 Å². The summed E-state index contributed by atoms with van der Waals surface area (Å²) < 4.78 is 4.58. The first-order valence-electron chi connectivity index (χ1n) is 3.97. The molecule has 12 heavy (non-hydrogen) atoms. The van der Waals surface area contributed by atoms with Gasteiger partial charge in [0.15, 0.2) is 0 Å². The number of methoxy groups -OCH3 is 1. The van der Waals surface area contributed by atoms with Crippen molar-refractivity contribution in [3.63, 3.8) is 0 Å². The molecule has 0 aliphatic rings. The first-order valence-corrected chi connectivity index (χ1v) is 3.97. The van der Waals surface area contributed by atoms with E-state index in [2.05, 4.69) is 21.9 Å². The summed E-state index contributed by atoms with van der Waals surface area (Å²) in [5.41, 5.74) is 0. The van der Waals surface area contributed by atoms with E-state index in [4.69, 9.17) is 0 Å². The molecule has 0 rings (SSSR count). The van der Waals surface area contributed by atoms with E-state index >= 15 is 0 Å². The summed E-state index contributed by atoms with van der Waals surface area (Å²) >= 11 is 0. The predicted octanol–water partition coefficient (Wildman–Crippen LogP) is 0.551. The van der Waals surface area contributed by atoms with Crippen molar-refractivity contribution in [1.82, 2.24) is 5.32 Å². The van der Waals surface area contributed by atoms with Crippen LogP contribution in [-0.4, -0.2) is 25.7 Å². The number of rotatable bonds is 4. The lowest BCUT2D eigenvalue weighted by Gasteiger charge is -2.11. The van der Waals surface area contributed by atoms with Gasteiger partial charge < -0.3 is 4.74 Å². The van der Waals surface area contributed by atoms with Crippen LogP contribution in [0.4, 0.5) is 0 Å². The summed E-state index contributed by atoms with van der Waals surface area (Å²) in [7, 11) is 1.39. The van der Waals surface area contributed by atoms with Crippen LogP contribution in [0.2, 0.25) is 0 Å². The Morgan fingerprint density at radius 3 is 2.75 bits per heavy atom. The lowest BCUT2D eigenvalue weighted by atomic mass is 10.2. The summed E-state index contributed by atoms with van der Waals surface area (Å²) in [4.78, 5) is 11.0. The molecule has 0 radical (unpaired) electrons. The second-order valence-electron chi connectivity index (χ2n) is 2.29. The molecule has 1 N–H and O–H groups in total. The number of carbonyl (C=O) groups is 1. The fourth-order valence-electron chi connectivity index (χ4n) is 0.799. The topological polar surface area (TPSA) is 38.3 Å². The second-order valence-corrected chi connectivity index (χ2v) is 2.29. The van der Waals surface area contributed by atoms with E-state index in [0.29, 0.717) is 6.54 Å². The maximum Gasteiger partial charge on any atom is 0.322 e. The van der Waals surface area contributed by atoms with Crippen LogP contribution in [0.3, 0.4) is 0 Å². The summed E-state index contributed by atoms with van der Waals surface area (Å²) in [5, 5.41) is 2.97. The minimum absolute atomic E-state index is 0.226. The molecule has 0 bridgehead atoms. The number of hydrogen-bond acceptors (Lipinski definition) is 3. The molecule has 3 nitrogen and oxygen atoms in total. The highest BCUT2D eigenvalue weighted by Crippen LogP contribution is 1.92. The van der Waals surface area contributed by atoms with Gasteiger partial charge in [-0.3, -0.25) is 10.1 Å². The van der Waals surface area contributed by atoms with Crippen LogP contribution in [-0.2, 0) is 9.53 Å². The molecule has 0 aromatic heterocycles. The van der Waals surface area contributed by atoms with Crippen molar-refractivity contribution < 1.29 is 9.53 Å². The van der Waals surface area contributed by atoms with Crippen molar-refractivity contribution in [2.24, 2.45) is 0 Å². The van der Waals surface area contributed by atoms with Crippen molar-refractivity contribution in [1.29, 1.82) is 0 Å². The smallest absolute Gasteiger partial charge is 0.322 e. The molecular weight excluding hydrogens is 154 g/mol. The van der Waals surface area contributed by atoms with Crippen LogP contribution in [0.5, 0.6) is 0 Å². The zero-order valence-electron chi connectivity index (χ0n) is 7.81. The zero-order chi connectivity index (χ0) is 9.40. The molecule has 0 spiro atoms. The molecule has 0 saturated carbocycles. The Hall–Kier alpha value is -1.01. The van der Waals surface area contributed by atoms with Crippen molar-refractivity contribution in [2.75, 3.05) is 13.7 Å². The molecule has 0 aromatic carbocycles. The summed E-state index contributed by atoms with van der Waals surface area (Å²) in [5.74, 6) is 5.34. The lowest BCUT2D eigenvalue weighted by molar-refractivity contribution is -0.143. The molecule has 68 valence electrons. The Bertz CT molecular complexity index is 190. The molecule has 3 heteroatoms. The SMILES string of the molecule is CC#CCNC(CC)C(=O)OC. The molecule has 0 aliphatic carbocycles. The highest BCUT2D eigenvalue weighted by Gasteiger charge is 2.14. The van der Waals surface area contributed by atoms with Gasteiger partial charge in [0, 0.05) is 0 Å². The van der Waals surface area contributed by atoms with Gasteiger partial charge in [0.1, 0.15) is 6.04 Å². The second kappa shape index (κ2) is 6.68. The molecule has 0 heterocycles. The van der Waals surface area contributed by atoms with Crippen molar-refractivity contribution in [2.45, 2.75) is 26.3 Å². The molecule has 1 unspecified atom stereocenters. The molecule has 0 amide bonds. The fourth-order valence-corrected chi connectivity index (χ4v) is 0.799. The standard InChI is InChI=1S/C9H15NO2/c1-4-6-7-10-8(5-2)9(11)12-3/h8,10H,5,7H2,1-3H3. The largest absolute Gasteiger partial charge is 0.468 e. The number of ether oxygens (including phenoxy) is 1. The number of carbonyl (C=O) groups excluding carboxylic acids is 1. The van der Waals surface area contributed by atoms with Crippen LogP contribution in [0.25, 0.3) is 0 Å². The Balaban J connectivity index is 3.80. The van der Waals surface area contributed by atoms with Gasteiger partial charge in [-0.2, -0.15) is 0 Å². The van der Waals surface area contributed by atoms with Gasteiger partial charge in [-0.1, -0.05) is 12.8 Å². The average Bonchev–Trinajstić information content (AvgIpc) is 2.11. The number of esters is 1.